The molecule has 4 heteroatoms. The minimum atomic E-state index is 0.233. The van der Waals surface area contributed by atoms with E-state index >= 15 is 0 Å². The molecule has 0 aromatic heterocycles. The van der Waals surface area contributed by atoms with E-state index in [0.29, 0.717) is 0 Å². The average molecular weight is 133 g/mol. The molecule has 0 N–H and O–H groups in total. The molecule has 0 aromatic carbocycles. The van der Waals surface area contributed by atoms with Crippen LogP contribution in [0.2, 0.25) is 0 Å². The van der Waals surface area contributed by atoms with Gasteiger partial charge in [0.2, 0.25) is 0 Å². The van der Waals surface area contributed by atoms with Crippen LogP contribution in [0.25, 0.3) is 0 Å². The molecule has 0 radical (unpaired) electrons. The Kier molecular flexibility index (Phi) is 6.48. The van der Waals surface area contributed by atoms with E-state index in [9.17, 15) is 0 Å². The van der Waals surface area contributed by atoms with Gasteiger partial charge in [-0.25, -0.2) is 4.99 Å². The second-order valence-electron chi connectivity index (χ2n) is 0.989. The Morgan fingerprint density at radius 3 is 3.00 bits per heavy atom. The maximum Gasteiger partial charge on any atom is 0.150 e. The summed E-state index contributed by atoms with van der Waals surface area (Å²) in [5, 5.41) is 2.15. The highest BCUT2D eigenvalue weighted by atomic mass is 32.1. The molecule has 0 aliphatic heterocycles. The Morgan fingerprint density at radius 2 is 2.50 bits per heavy atom. The molecule has 0 saturated heterocycles. The Bertz CT molecular complexity index is 90.0. The van der Waals surface area contributed by atoms with E-state index in [1.54, 1.807) is 7.11 Å². The highest BCUT2D eigenvalue weighted by Gasteiger charge is 1.75. The van der Waals surface area contributed by atoms with Gasteiger partial charge in [-0.15, -0.1) is 0 Å². The lowest BCUT2D eigenvalue weighted by molar-refractivity contribution is -0.0270. The average Bonchev–Trinajstić information content (AvgIpc) is 1.81. The van der Waals surface area contributed by atoms with Crippen LogP contribution in [0.5, 0.6) is 0 Å². The van der Waals surface area contributed by atoms with Crippen LogP contribution in [0.1, 0.15) is 0 Å². The molecule has 0 fully saturated rings. The van der Waals surface area contributed by atoms with Gasteiger partial charge >= 0.3 is 0 Å². The number of hydrogen-bond acceptors (Lipinski definition) is 4. The van der Waals surface area contributed by atoms with Gasteiger partial charge in [0.05, 0.1) is 5.16 Å². The fraction of sp³-hybridized carbons (Fsp3) is 0.750. The van der Waals surface area contributed by atoms with Gasteiger partial charge in [-0.2, -0.15) is 0 Å². The number of hydrogen-bond donors (Lipinski definition) is 0. The van der Waals surface area contributed by atoms with Gasteiger partial charge < -0.3 is 9.47 Å². The molecule has 0 rings (SSSR count). The molecular weight excluding hydrogens is 126 g/mol. The number of nitrogens with zero attached hydrogens (tertiary/aromatic N) is 1. The molecule has 0 unspecified atom stereocenters. The third-order valence-electron chi connectivity index (χ3n) is 0.422. The lowest BCUT2D eigenvalue weighted by Crippen LogP contribution is -1.94. The van der Waals surface area contributed by atoms with E-state index < -0.39 is 0 Å². The lowest BCUT2D eigenvalue weighted by atomic mass is 11.2. The summed E-state index contributed by atoms with van der Waals surface area (Å²) in [7, 11) is 1.54. The first-order chi connectivity index (χ1) is 3.91. The van der Waals surface area contributed by atoms with Crippen LogP contribution in [0, 0.1) is 0 Å². The number of methoxy groups -OCH3 is 1. The Balaban J connectivity index is 2.82. The van der Waals surface area contributed by atoms with Crippen molar-refractivity contribution in [3.05, 3.63) is 0 Å². The third kappa shape index (κ3) is 5.72. The third-order valence-corrected chi connectivity index (χ3v) is 0.551. The largest absolute Gasteiger partial charge is 0.359 e. The molecule has 8 heavy (non-hydrogen) atoms. The number of thiocarbonyl (C=S) groups is 1. The quantitative estimate of drug-likeness (QED) is 0.244. The van der Waals surface area contributed by atoms with Crippen molar-refractivity contribution in [2.45, 2.75) is 0 Å². The zero-order valence-electron chi connectivity index (χ0n) is 4.59. The van der Waals surface area contributed by atoms with Crippen molar-refractivity contribution in [2.75, 3.05) is 20.6 Å². The van der Waals surface area contributed by atoms with Gasteiger partial charge in [-0.05, 0) is 12.2 Å². The summed E-state index contributed by atoms with van der Waals surface area (Å²) in [5.74, 6) is 0. The van der Waals surface area contributed by atoms with E-state index in [0.717, 1.165) is 0 Å². The first-order valence-electron chi connectivity index (χ1n) is 2.02. The summed E-state index contributed by atoms with van der Waals surface area (Å²) in [6.07, 6.45) is 0. The van der Waals surface area contributed by atoms with Crippen LogP contribution < -0.4 is 0 Å². The van der Waals surface area contributed by atoms with E-state index in [2.05, 4.69) is 27.1 Å². The van der Waals surface area contributed by atoms with E-state index in [-0.39, 0.29) is 13.5 Å². The van der Waals surface area contributed by atoms with E-state index in [1.165, 1.54) is 0 Å². The molecule has 0 spiro atoms. The van der Waals surface area contributed by atoms with Crippen LogP contribution in [-0.4, -0.2) is 25.8 Å². The molecule has 0 heterocycles. The summed E-state index contributed by atoms with van der Waals surface area (Å²) in [6.45, 7) is 0.484. The standard InChI is InChI=1S/C4H7NO2S/c1-6-4-7-2-5-3-8/h2,4H2,1H3. The fourth-order valence-corrected chi connectivity index (χ4v) is 0.245. The molecule has 46 valence electrons. The fourth-order valence-electron chi connectivity index (χ4n) is 0.193. The van der Waals surface area contributed by atoms with Crippen LogP contribution >= 0.6 is 12.2 Å². The Labute approximate surface area is 53.3 Å². The summed E-state index contributed by atoms with van der Waals surface area (Å²) in [5.41, 5.74) is 0. The second kappa shape index (κ2) is 6.72. The number of ether oxygens (including phenoxy) is 2. The summed E-state index contributed by atoms with van der Waals surface area (Å²) < 4.78 is 9.25. The van der Waals surface area contributed by atoms with Gasteiger partial charge in [0.15, 0.2) is 0 Å². The smallest absolute Gasteiger partial charge is 0.150 e. The molecule has 0 atom stereocenters. The van der Waals surface area contributed by atoms with Crippen molar-refractivity contribution in [3.8, 4) is 0 Å². The molecule has 0 aliphatic carbocycles. The topological polar surface area (TPSA) is 30.8 Å². The number of aliphatic imine (C=N–C) groups is 1. The van der Waals surface area contributed by atoms with E-state index in [1.807, 2.05) is 0 Å². The maximum atomic E-state index is 4.71. The minimum Gasteiger partial charge on any atom is -0.359 e. The predicted molar refractivity (Wildman–Crippen MR) is 32.9 cm³/mol. The summed E-state index contributed by atoms with van der Waals surface area (Å²) in [6, 6.07) is 0. The van der Waals surface area contributed by atoms with Crippen molar-refractivity contribution < 1.29 is 9.47 Å². The van der Waals surface area contributed by atoms with Crippen molar-refractivity contribution in [3.63, 3.8) is 0 Å². The van der Waals surface area contributed by atoms with Gasteiger partial charge in [0.25, 0.3) is 0 Å². The van der Waals surface area contributed by atoms with Crippen molar-refractivity contribution in [2.24, 2.45) is 4.99 Å². The predicted octanol–water partition coefficient (Wildman–Crippen LogP) is 0.667. The highest BCUT2D eigenvalue weighted by Crippen LogP contribution is 1.72. The maximum absolute atomic E-state index is 4.71. The second-order valence-corrected chi connectivity index (χ2v) is 1.17. The van der Waals surface area contributed by atoms with Crippen molar-refractivity contribution in [1.29, 1.82) is 0 Å². The van der Waals surface area contributed by atoms with Crippen LogP contribution in [0.4, 0.5) is 0 Å². The Hall–Kier alpha value is -0.280. The highest BCUT2D eigenvalue weighted by molar-refractivity contribution is 7.78. The van der Waals surface area contributed by atoms with Gasteiger partial charge in [-0.1, -0.05) is 0 Å². The van der Waals surface area contributed by atoms with Crippen molar-refractivity contribution >= 4 is 17.4 Å². The van der Waals surface area contributed by atoms with Crippen LogP contribution in [0.3, 0.4) is 0 Å². The zero-order valence-corrected chi connectivity index (χ0v) is 5.40. The van der Waals surface area contributed by atoms with Gasteiger partial charge in [0.1, 0.15) is 13.5 Å². The number of rotatable bonds is 4. The van der Waals surface area contributed by atoms with Crippen molar-refractivity contribution in [1.82, 2.24) is 0 Å². The monoisotopic (exact) mass is 133 g/mol. The molecule has 0 aromatic rings. The zero-order chi connectivity index (χ0) is 6.24. The van der Waals surface area contributed by atoms with Gasteiger partial charge in [0, 0.05) is 7.11 Å². The first-order valence-corrected chi connectivity index (χ1v) is 2.43. The van der Waals surface area contributed by atoms with Gasteiger partial charge in [-0.3, -0.25) is 0 Å². The molecule has 0 amide bonds. The molecule has 0 saturated carbocycles. The summed E-state index contributed by atoms with van der Waals surface area (Å²) >= 11 is 4.26. The van der Waals surface area contributed by atoms with Crippen LogP contribution in [0.15, 0.2) is 4.99 Å². The minimum absolute atomic E-state index is 0.233. The normalized spacial score (nSPS) is 8.12. The van der Waals surface area contributed by atoms with Crippen LogP contribution in [-0.2, 0) is 9.47 Å². The summed E-state index contributed by atoms with van der Waals surface area (Å²) in [4.78, 5) is 3.47. The molecule has 3 nitrogen and oxygen atoms in total. The Morgan fingerprint density at radius 1 is 1.75 bits per heavy atom. The molecule has 0 bridgehead atoms. The lowest BCUT2D eigenvalue weighted by Gasteiger charge is -1.93. The van der Waals surface area contributed by atoms with E-state index in [4.69, 9.17) is 4.74 Å². The number of isothiocyanates is 1. The first kappa shape index (κ1) is 7.72. The SMILES string of the molecule is COCOCN=C=S. The molecular formula is C4H7NO2S. The molecule has 0 aliphatic rings.